The van der Waals surface area contributed by atoms with Crippen LogP contribution in [0.3, 0.4) is 0 Å². The van der Waals surface area contributed by atoms with Crippen LogP contribution in [0.4, 0.5) is 14.5 Å². The van der Waals surface area contributed by atoms with Gasteiger partial charge in [0, 0.05) is 5.69 Å². The minimum atomic E-state index is -1.41. The number of nitrogens with one attached hydrogen (secondary N) is 1. The van der Waals surface area contributed by atoms with Gasteiger partial charge in [0.1, 0.15) is 29.4 Å². The van der Waals surface area contributed by atoms with E-state index in [1.807, 2.05) is 24.3 Å². The van der Waals surface area contributed by atoms with Gasteiger partial charge in [-0.05, 0) is 92.6 Å². The van der Waals surface area contributed by atoms with Crippen molar-refractivity contribution in [3.63, 3.8) is 0 Å². The van der Waals surface area contributed by atoms with Gasteiger partial charge in [-0.1, -0.05) is 36.4 Å². The molecule has 3 aromatic rings. The molecule has 46 heavy (non-hydrogen) atoms. The predicted octanol–water partition coefficient (Wildman–Crippen LogP) is 4.88. The fourth-order valence-corrected chi connectivity index (χ4v) is 5.83. The number of aliphatic carboxylic acids is 1. The summed E-state index contributed by atoms with van der Waals surface area (Å²) in [5, 5.41) is 22.4. The number of carboxylic acid groups (broad SMARTS) is 1. The number of aliphatic hydroxyl groups is 1. The molecule has 2 aliphatic heterocycles. The van der Waals surface area contributed by atoms with E-state index in [2.05, 4.69) is 5.32 Å². The number of benzene rings is 3. The monoisotopic (exact) mass is 636 g/mol. The van der Waals surface area contributed by atoms with Crippen molar-refractivity contribution >= 4 is 23.5 Å². The van der Waals surface area contributed by atoms with E-state index in [9.17, 15) is 33.4 Å². The number of carbonyl (C=O) groups is 3. The lowest BCUT2D eigenvalue weighted by Crippen LogP contribution is -2.55. The molecule has 0 saturated carbocycles. The van der Waals surface area contributed by atoms with Gasteiger partial charge in [-0.2, -0.15) is 0 Å². The Bertz CT molecular complexity index is 1540. The zero-order valence-corrected chi connectivity index (χ0v) is 25.7. The number of aliphatic hydroxyl groups excluding tert-OH is 1. The maximum atomic E-state index is 13.7. The van der Waals surface area contributed by atoms with E-state index in [1.54, 1.807) is 17.0 Å². The van der Waals surface area contributed by atoms with Crippen LogP contribution in [0.2, 0.25) is 0 Å². The van der Waals surface area contributed by atoms with Gasteiger partial charge < -0.3 is 29.9 Å². The smallest absolute Gasteiger partial charge is 0.328 e. The molecule has 3 atom stereocenters. The Morgan fingerprint density at radius 1 is 1.02 bits per heavy atom. The highest BCUT2D eigenvalue weighted by atomic mass is 19.1. The van der Waals surface area contributed by atoms with Crippen molar-refractivity contribution in [3.05, 3.63) is 101 Å². The zero-order chi connectivity index (χ0) is 33.1. The van der Waals surface area contributed by atoms with Crippen molar-refractivity contribution in [2.75, 3.05) is 24.7 Å². The van der Waals surface area contributed by atoms with Crippen LogP contribution in [0, 0.1) is 17.6 Å². The molecule has 2 amide bonds. The molecule has 3 aromatic carbocycles. The fraction of sp³-hybridized carbons (Fsp3) is 0.400. The second-order valence-electron chi connectivity index (χ2n) is 12.6. The summed E-state index contributed by atoms with van der Waals surface area (Å²) in [6.07, 6.45) is 1.07. The van der Waals surface area contributed by atoms with E-state index in [1.165, 1.54) is 50.2 Å². The molecule has 0 radical (unpaired) electrons. The van der Waals surface area contributed by atoms with Crippen molar-refractivity contribution in [1.29, 1.82) is 0 Å². The lowest BCUT2D eigenvalue weighted by molar-refractivity contribution is -0.212. The van der Waals surface area contributed by atoms with Crippen LogP contribution in [0.1, 0.15) is 61.9 Å². The molecule has 2 heterocycles. The lowest BCUT2D eigenvalue weighted by atomic mass is 9.78. The van der Waals surface area contributed by atoms with Gasteiger partial charge in [0.2, 0.25) is 11.8 Å². The Balaban J connectivity index is 1.24. The molecule has 5 rings (SSSR count). The van der Waals surface area contributed by atoms with E-state index >= 15 is 0 Å². The zero-order valence-electron chi connectivity index (χ0n) is 25.7. The van der Waals surface area contributed by atoms with Gasteiger partial charge >= 0.3 is 5.97 Å². The minimum Gasteiger partial charge on any atom is -0.480 e. The number of carbonyl (C=O) groups excluding carboxylic acids is 2. The summed E-state index contributed by atoms with van der Waals surface area (Å²) >= 11 is 0. The van der Waals surface area contributed by atoms with Crippen LogP contribution >= 0.6 is 0 Å². The molecule has 0 bridgehead atoms. The summed E-state index contributed by atoms with van der Waals surface area (Å²) in [5.74, 6) is -2.99. The first-order chi connectivity index (χ1) is 21.9. The molecule has 11 heteroatoms. The summed E-state index contributed by atoms with van der Waals surface area (Å²) in [6, 6.07) is 18.9. The molecular formula is C35H38F2N2O7. The van der Waals surface area contributed by atoms with Crippen molar-refractivity contribution in [3.8, 4) is 0 Å². The third-order valence-electron chi connectivity index (χ3n) is 8.74. The first kappa shape index (κ1) is 33.2. The number of nitrogens with zero attached hydrogens (tertiary/aromatic N) is 1. The molecule has 244 valence electrons. The number of amides is 2. The average Bonchev–Trinajstić information content (AvgIpc) is 3.00. The molecule has 9 nitrogen and oxygen atoms in total. The Morgan fingerprint density at radius 2 is 1.63 bits per heavy atom. The van der Waals surface area contributed by atoms with Crippen LogP contribution < -0.4 is 10.2 Å². The van der Waals surface area contributed by atoms with Gasteiger partial charge in [0.25, 0.3) is 0 Å². The van der Waals surface area contributed by atoms with Gasteiger partial charge in [-0.3, -0.25) is 9.59 Å². The first-order valence-electron chi connectivity index (χ1n) is 15.2. The predicted molar refractivity (Wildman–Crippen MR) is 165 cm³/mol. The number of ether oxygens (including phenoxy) is 2. The number of β-lactam (4-membered cyclic amide) rings is 1. The van der Waals surface area contributed by atoms with E-state index in [-0.39, 0.29) is 18.6 Å². The van der Waals surface area contributed by atoms with Crippen molar-refractivity contribution in [2.45, 2.75) is 62.8 Å². The van der Waals surface area contributed by atoms with Crippen molar-refractivity contribution in [2.24, 2.45) is 5.92 Å². The quantitative estimate of drug-likeness (QED) is 0.216. The summed E-state index contributed by atoms with van der Waals surface area (Å²) in [6.45, 7) is 3.16. The maximum Gasteiger partial charge on any atom is 0.328 e. The highest BCUT2D eigenvalue weighted by molar-refractivity contribution is 6.03. The molecule has 0 spiro atoms. The SMILES string of the molecule is CC(C)(NC(=O)COC1(CCc2ccc(C3C(CCC(O)c4ccc(F)cc4)C(=O)N3c3ccc(F)cc3)cc2)COC1)C(=O)O. The Kier molecular flexibility index (Phi) is 9.85. The third-order valence-corrected chi connectivity index (χ3v) is 8.74. The van der Waals surface area contributed by atoms with Gasteiger partial charge in [0.05, 0.1) is 31.3 Å². The number of aryl methyl sites for hydroxylation is 1. The molecular weight excluding hydrogens is 598 g/mol. The largest absolute Gasteiger partial charge is 0.480 e. The molecule has 0 aromatic heterocycles. The number of rotatable bonds is 14. The van der Waals surface area contributed by atoms with Crippen LogP contribution in [-0.2, 0) is 30.3 Å². The maximum absolute atomic E-state index is 13.7. The van der Waals surface area contributed by atoms with Crippen LogP contribution in [-0.4, -0.2) is 59.0 Å². The third kappa shape index (κ3) is 7.43. The standard InChI is InChI=1S/C35H38F2N2O7/c1-34(2,33(43)44)38-30(41)19-46-35(20-45-21-35)18-17-22-3-5-24(6-4-22)31-28(15-16-29(40)23-7-9-25(36)10-8-23)32(42)39(31)27-13-11-26(37)12-14-27/h3-14,28-29,31,40H,15-21H2,1-2H3,(H,38,41)(H,43,44). The molecule has 2 fully saturated rings. The Morgan fingerprint density at radius 3 is 2.20 bits per heavy atom. The van der Waals surface area contributed by atoms with Crippen LogP contribution in [0.25, 0.3) is 0 Å². The van der Waals surface area contributed by atoms with E-state index in [0.717, 1.165) is 11.1 Å². The second kappa shape index (κ2) is 13.7. The van der Waals surface area contributed by atoms with E-state index < -0.39 is 46.7 Å². The summed E-state index contributed by atoms with van der Waals surface area (Å²) in [7, 11) is 0. The van der Waals surface area contributed by atoms with E-state index in [4.69, 9.17) is 9.47 Å². The van der Waals surface area contributed by atoms with Crippen molar-refractivity contribution in [1.82, 2.24) is 5.32 Å². The molecule has 2 saturated heterocycles. The first-order valence-corrected chi connectivity index (χ1v) is 15.2. The van der Waals surface area contributed by atoms with Gasteiger partial charge in [-0.25, -0.2) is 13.6 Å². The second-order valence-corrected chi connectivity index (χ2v) is 12.6. The molecule has 3 N–H and O–H groups in total. The van der Waals surface area contributed by atoms with E-state index in [0.29, 0.717) is 50.1 Å². The molecule has 0 aliphatic carbocycles. The number of halogens is 2. The average molecular weight is 637 g/mol. The van der Waals surface area contributed by atoms with Crippen LogP contribution in [0.5, 0.6) is 0 Å². The number of anilines is 1. The highest BCUT2D eigenvalue weighted by Crippen LogP contribution is 2.46. The lowest BCUT2D eigenvalue weighted by Gasteiger charge is -2.48. The molecule has 2 aliphatic rings. The summed E-state index contributed by atoms with van der Waals surface area (Å²) < 4.78 is 38.3. The van der Waals surface area contributed by atoms with Gasteiger partial charge in [-0.15, -0.1) is 0 Å². The van der Waals surface area contributed by atoms with Gasteiger partial charge in [0.15, 0.2) is 0 Å². The molecule has 3 unspecified atom stereocenters. The number of hydrogen-bond acceptors (Lipinski definition) is 6. The minimum absolute atomic E-state index is 0.119. The summed E-state index contributed by atoms with van der Waals surface area (Å²) in [4.78, 5) is 38.6. The Hall–Kier alpha value is -4.19. The van der Waals surface area contributed by atoms with Crippen molar-refractivity contribution < 1.29 is 42.9 Å². The topological polar surface area (TPSA) is 125 Å². The fourth-order valence-electron chi connectivity index (χ4n) is 5.83. The highest BCUT2D eigenvalue weighted by Gasteiger charge is 2.48. The number of hydrogen-bond donors (Lipinski definition) is 3. The Labute approximate surface area is 266 Å². The summed E-state index contributed by atoms with van der Waals surface area (Å²) in [5.41, 5.74) is 0.995. The van der Waals surface area contributed by atoms with Crippen LogP contribution in [0.15, 0.2) is 72.8 Å². The number of carboxylic acids is 1. The normalized spacial score (nSPS) is 19.6.